The van der Waals surface area contributed by atoms with Crippen molar-refractivity contribution in [2.75, 3.05) is 25.5 Å². The summed E-state index contributed by atoms with van der Waals surface area (Å²) in [4.78, 5) is 0. The van der Waals surface area contributed by atoms with E-state index in [1.54, 1.807) is 24.3 Å². The quantitative estimate of drug-likeness (QED) is 0.532. The first-order valence-corrected chi connectivity index (χ1v) is 8.08. The molecule has 0 spiro atoms. The van der Waals surface area contributed by atoms with Crippen LogP contribution in [0.15, 0.2) is 24.3 Å². The first kappa shape index (κ1) is 15.9. The van der Waals surface area contributed by atoms with Gasteiger partial charge in [0.15, 0.2) is 0 Å². The Bertz CT molecular complexity index is 457. The zero-order valence-corrected chi connectivity index (χ0v) is 12.1. The van der Waals surface area contributed by atoms with Gasteiger partial charge < -0.3 is 10.5 Å². The number of nitrogens with two attached hydrogens (primary N) is 1. The number of unbranched alkanes of at least 4 members (excludes halogenated alkanes) is 1. The lowest BCUT2D eigenvalue weighted by molar-refractivity contribution is 0.136. The summed E-state index contributed by atoms with van der Waals surface area (Å²) in [5.74, 6) is -0.0394. The van der Waals surface area contributed by atoms with Crippen LogP contribution in [0.4, 0.5) is 5.69 Å². The van der Waals surface area contributed by atoms with Gasteiger partial charge in [0.05, 0.1) is 12.4 Å². The summed E-state index contributed by atoms with van der Waals surface area (Å²) in [7, 11) is -3.31. The van der Waals surface area contributed by atoms with Gasteiger partial charge in [0.1, 0.15) is 0 Å². The highest BCUT2D eigenvalue weighted by molar-refractivity contribution is 7.88. The van der Waals surface area contributed by atoms with Crippen LogP contribution in [-0.4, -0.2) is 28.2 Å². The van der Waals surface area contributed by atoms with E-state index < -0.39 is 10.0 Å². The molecule has 0 unspecified atom stereocenters. The van der Waals surface area contributed by atoms with Crippen LogP contribution in [0.1, 0.15) is 25.3 Å². The van der Waals surface area contributed by atoms with Crippen molar-refractivity contribution in [1.29, 1.82) is 0 Å². The molecule has 1 aromatic carbocycles. The van der Waals surface area contributed by atoms with Crippen LogP contribution in [0, 0.1) is 0 Å². The number of nitrogens with one attached hydrogen (secondary N) is 1. The van der Waals surface area contributed by atoms with Crippen LogP contribution in [-0.2, 0) is 20.5 Å². The van der Waals surface area contributed by atoms with E-state index in [2.05, 4.69) is 11.6 Å². The lowest BCUT2D eigenvalue weighted by Crippen LogP contribution is -2.28. The molecule has 1 aromatic rings. The second kappa shape index (κ2) is 8.14. The Labute approximate surface area is 115 Å². The molecule has 19 heavy (non-hydrogen) atoms. The summed E-state index contributed by atoms with van der Waals surface area (Å²) in [6.07, 6.45) is 2.07. The number of nitrogen functional groups attached to an aromatic ring is 1. The molecule has 0 saturated carbocycles. The summed E-state index contributed by atoms with van der Waals surface area (Å²) in [6, 6.07) is 6.82. The predicted octanol–water partition coefficient (Wildman–Crippen LogP) is 1.50. The van der Waals surface area contributed by atoms with Gasteiger partial charge in [-0.2, -0.15) is 0 Å². The molecular formula is C13H22N2O3S. The van der Waals surface area contributed by atoms with E-state index in [1.807, 2.05) is 0 Å². The Morgan fingerprint density at radius 2 is 1.89 bits per heavy atom. The van der Waals surface area contributed by atoms with Crippen molar-refractivity contribution in [3.63, 3.8) is 0 Å². The molecule has 0 aromatic heterocycles. The van der Waals surface area contributed by atoms with Gasteiger partial charge in [-0.25, -0.2) is 13.1 Å². The molecule has 0 atom stereocenters. The molecule has 0 heterocycles. The molecule has 5 nitrogen and oxygen atoms in total. The third kappa shape index (κ3) is 7.15. The fraction of sp³-hybridized carbons (Fsp3) is 0.538. The first-order chi connectivity index (χ1) is 9.03. The highest BCUT2D eigenvalue weighted by atomic mass is 32.2. The average Bonchev–Trinajstić information content (AvgIpc) is 2.36. The van der Waals surface area contributed by atoms with Gasteiger partial charge in [0.25, 0.3) is 0 Å². The van der Waals surface area contributed by atoms with Gasteiger partial charge in [-0.3, -0.25) is 0 Å². The topological polar surface area (TPSA) is 81.4 Å². The minimum absolute atomic E-state index is 0.0394. The fourth-order valence-corrected chi connectivity index (χ4v) is 2.63. The lowest BCUT2D eigenvalue weighted by Gasteiger charge is -2.07. The molecule has 0 bridgehead atoms. The second-order valence-corrected chi connectivity index (χ2v) is 6.17. The molecule has 0 aliphatic carbocycles. The summed E-state index contributed by atoms with van der Waals surface area (Å²) in [6.45, 7) is 3.47. The molecule has 3 N–H and O–H groups in total. The van der Waals surface area contributed by atoms with E-state index in [-0.39, 0.29) is 5.75 Å². The van der Waals surface area contributed by atoms with Crippen LogP contribution in [0.5, 0.6) is 0 Å². The number of rotatable bonds is 9. The van der Waals surface area contributed by atoms with Crippen LogP contribution >= 0.6 is 0 Å². The summed E-state index contributed by atoms with van der Waals surface area (Å²) >= 11 is 0. The molecule has 0 aliphatic rings. The molecule has 6 heteroatoms. The summed E-state index contributed by atoms with van der Waals surface area (Å²) in [5.41, 5.74) is 6.89. The van der Waals surface area contributed by atoms with Gasteiger partial charge >= 0.3 is 0 Å². The smallest absolute Gasteiger partial charge is 0.215 e. The predicted molar refractivity (Wildman–Crippen MR) is 77.2 cm³/mol. The van der Waals surface area contributed by atoms with Gasteiger partial charge in [-0.05, 0) is 24.1 Å². The minimum atomic E-state index is -3.31. The monoisotopic (exact) mass is 286 g/mol. The Balaban J connectivity index is 2.30. The fourth-order valence-electron chi connectivity index (χ4n) is 1.50. The maximum absolute atomic E-state index is 11.8. The molecule has 0 fully saturated rings. The maximum Gasteiger partial charge on any atom is 0.215 e. The number of anilines is 1. The van der Waals surface area contributed by atoms with Gasteiger partial charge in [0.2, 0.25) is 10.0 Å². The highest BCUT2D eigenvalue weighted by Gasteiger charge is 2.10. The standard InChI is InChI=1S/C13H22N2O3S/c1-2-3-9-18-10-8-15-19(16,17)11-12-4-6-13(14)7-5-12/h4-7,15H,2-3,8-11,14H2,1H3. The van der Waals surface area contributed by atoms with Crippen molar-refractivity contribution in [3.8, 4) is 0 Å². The van der Waals surface area contributed by atoms with Crippen molar-refractivity contribution < 1.29 is 13.2 Å². The molecule has 1 rings (SSSR count). The Morgan fingerprint density at radius 1 is 1.21 bits per heavy atom. The summed E-state index contributed by atoms with van der Waals surface area (Å²) in [5, 5.41) is 0. The van der Waals surface area contributed by atoms with Gasteiger partial charge in [0, 0.05) is 18.8 Å². The molecule has 0 amide bonds. The van der Waals surface area contributed by atoms with Crippen molar-refractivity contribution in [2.24, 2.45) is 0 Å². The maximum atomic E-state index is 11.8. The third-order valence-electron chi connectivity index (χ3n) is 2.55. The molecule has 0 aliphatic heterocycles. The zero-order chi connectivity index (χ0) is 14.1. The average molecular weight is 286 g/mol. The van der Waals surface area contributed by atoms with E-state index in [9.17, 15) is 8.42 Å². The zero-order valence-electron chi connectivity index (χ0n) is 11.3. The number of hydrogen-bond donors (Lipinski definition) is 2. The highest BCUT2D eigenvalue weighted by Crippen LogP contribution is 2.08. The van der Waals surface area contributed by atoms with Gasteiger partial charge in [-0.1, -0.05) is 25.5 Å². The Kier molecular flexibility index (Phi) is 6.83. The van der Waals surface area contributed by atoms with Crippen LogP contribution < -0.4 is 10.5 Å². The molecule has 0 radical (unpaired) electrons. The molecule has 108 valence electrons. The molecule has 0 saturated heterocycles. The lowest BCUT2D eigenvalue weighted by atomic mass is 10.2. The summed E-state index contributed by atoms with van der Waals surface area (Å²) < 4.78 is 31.4. The Morgan fingerprint density at radius 3 is 2.53 bits per heavy atom. The minimum Gasteiger partial charge on any atom is -0.399 e. The third-order valence-corrected chi connectivity index (χ3v) is 3.90. The van der Waals surface area contributed by atoms with Crippen LogP contribution in [0.3, 0.4) is 0 Å². The van der Waals surface area contributed by atoms with Crippen LogP contribution in [0.2, 0.25) is 0 Å². The second-order valence-electron chi connectivity index (χ2n) is 4.36. The Hall–Kier alpha value is -1.11. The van der Waals surface area contributed by atoms with E-state index >= 15 is 0 Å². The number of sulfonamides is 1. The first-order valence-electron chi connectivity index (χ1n) is 6.43. The van der Waals surface area contributed by atoms with Crippen molar-refractivity contribution in [2.45, 2.75) is 25.5 Å². The van der Waals surface area contributed by atoms with E-state index in [4.69, 9.17) is 10.5 Å². The number of hydrogen-bond acceptors (Lipinski definition) is 4. The normalized spacial score (nSPS) is 11.6. The van der Waals surface area contributed by atoms with Crippen molar-refractivity contribution in [1.82, 2.24) is 4.72 Å². The molecular weight excluding hydrogens is 264 g/mol. The van der Waals surface area contributed by atoms with E-state index in [0.717, 1.165) is 12.8 Å². The number of benzene rings is 1. The van der Waals surface area contributed by atoms with Crippen molar-refractivity contribution in [3.05, 3.63) is 29.8 Å². The SMILES string of the molecule is CCCCOCCNS(=O)(=O)Cc1ccc(N)cc1. The van der Waals surface area contributed by atoms with Crippen LogP contribution in [0.25, 0.3) is 0 Å². The number of ether oxygens (including phenoxy) is 1. The van der Waals surface area contributed by atoms with E-state index in [1.165, 1.54) is 0 Å². The largest absolute Gasteiger partial charge is 0.399 e. The van der Waals surface area contributed by atoms with Gasteiger partial charge in [-0.15, -0.1) is 0 Å². The van der Waals surface area contributed by atoms with E-state index in [0.29, 0.717) is 31.0 Å². The van der Waals surface area contributed by atoms with Crippen molar-refractivity contribution >= 4 is 15.7 Å².